The first kappa shape index (κ1) is 15.0. The van der Waals surface area contributed by atoms with E-state index in [0.29, 0.717) is 25.6 Å². The van der Waals surface area contributed by atoms with Crippen molar-refractivity contribution in [1.82, 2.24) is 19.9 Å². The van der Waals surface area contributed by atoms with E-state index >= 15 is 0 Å². The Balaban J connectivity index is 1.39. The monoisotopic (exact) mass is 326 g/mol. The summed E-state index contributed by atoms with van der Waals surface area (Å²) < 4.78 is 11.9. The maximum atomic E-state index is 12.5. The molecule has 4 rings (SSSR count). The average molecular weight is 326 g/mol. The molecule has 2 aromatic rings. The van der Waals surface area contributed by atoms with Crippen LogP contribution in [-0.2, 0) is 4.74 Å². The number of amides is 1. The molecule has 0 aromatic carbocycles. The van der Waals surface area contributed by atoms with Crippen molar-refractivity contribution in [3.63, 3.8) is 0 Å². The summed E-state index contributed by atoms with van der Waals surface area (Å²) >= 11 is 0. The highest BCUT2D eigenvalue weighted by Crippen LogP contribution is 2.36. The zero-order chi connectivity index (χ0) is 16.4. The minimum atomic E-state index is -0.329. The van der Waals surface area contributed by atoms with Crippen molar-refractivity contribution in [3.05, 3.63) is 48.7 Å². The number of nitrogens with zero attached hydrogens (tertiary/aromatic N) is 4. The Hall–Kier alpha value is -2.54. The number of pyridine rings is 1. The highest BCUT2D eigenvalue weighted by Gasteiger charge is 2.48. The molecule has 7 nitrogen and oxygen atoms in total. The zero-order valence-electron chi connectivity index (χ0n) is 13.2. The molecule has 0 N–H and O–H groups in total. The molecule has 1 spiro atoms. The summed E-state index contributed by atoms with van der Waals surface area (Å²) in [5.41, 5.74) is -0.329. The fourth-order valence-corrected chi connectivity index (χ4v) is 3.32. The Labute approximate surface area is 139 Å². The summed E-state index contributed by atoms with van der Waals surface area (Å²) in [6.45, 7) is 1.71. The second-order valence-corrected chi connectivity index (χ2v) is 6.16. The van der Waals surface area contributed by atoms with Crippen LogP contribution in [0.25, 0.3) is 0 Å². The molecule has 2 atom stereocenters. The number of hydrogen-bond acceptors (Lipinski definition) is 6. The van der Waals surface area contributed by atoms with Gasteiger partial charge in [-0.05, 0) is 18.6 Å². The second kappa shape index (κ2) is 6.16. The molecule has 0 radical (unpaired) electrons. The first-order chi connectivity index (χ1) is 11.7. The Morgan fingerprint density at radius 1 is 1.21 bits per heavy atom. The van der Waals surface area contributed by atoms with E-state index in [2.05, 4.69) is 15.0 Å². The van der Waals surface area contributed by atoms with E-state index in [0.717, 1.165) is 12.8 Å². The van der Waals surface area contributed by atoms with Gasteiger partial charge >= 0.3 is 0 Å². The van der Waals surface area contributed by atoms with Gasteiger partial charge in [0.15, 0.2) is 0 Å². The van der Waals surface area contributed by atoms with Crippen LogP contribution < -0.4 is 4.74 Å². The van der Waals surface area contributed by atoms with Crippen LogP contribution in [0.5, 0.6) is 5.88 Å². The molecule has 0 unspecified atom stereocenters. The van der Waals surface area contributed by atoms with Gasteiger partial charge in [0, 0.05) is 37.6 Å². The molecule has 0 bridgehead atoms. The van der Waals surface area contributed by atoms with E-state index in [-0.39, 0.29) is 23.4 Å². The van der Waals surface area contributed by atoms with Crippen LogP contribution >= 0.6 is 0 Å². The topological polar surface area (TPSA) is 77.4 Å². The largest absolute Gasteiger partial charge is 0.472 e. The van der Waals surface area contributed by atoms with Gasteiger partial charge in [-0.25, -0.2) is 15.0 Å². The minimum Gasteiger partial charge on any atom is -0.472 e. The summed E-state index contributed by atoms with van der Waals surface area (Å²) in [6, 6.07) is 7.28. The van der Waals surface area contributed by atoms with Gasteiger partial charge in [-0.3, -0.25) is 4.79 Å². The van der Waals surface area contributed by atoms with Crippen molar-refractivity contribution in [2.24, 2.45) is 0 Å². The molecule has 0 aliphatic carbocycles. The predicted octanol–water partition coefficient (Wildman–Crippen LogP) is 1.32. The van der Waals surface area contributed by atoms with Crippen molar-refractivity contribution in [2.75, 3.05) is 19.7 Å². The van der Waals surface area contributed by atoms with E-state index in [9.17, 15) is 4.79 Å². The number of carbonyl (C=O) groups excluding carboxylic acids is 1. The summed E-state index contributed by atoms with van der Waals surface area (Å²) in [6.07, 6.45) is 6.37. The summed E-state index contributed by atoms with van der Waals surface area (Å²) in [7, 11) is 0. The number of carbonyl (C=O) groups is 1. The van der Waals surface area contributed by atoms with Gasteiger partial charge in [-0.15, -0.1) is 0 Å². The first-order valence-electron chi connectivity index (χ1n) is 8.02. The third kappa shape index (κ3) is 2.94. The summed E-state index contributed by atoms with van der Waals surface area (Å²) in [5, 5.41) is 0. The molecular weight excluding hydrogens is 308 g/mol. The molecule has 2 aromatic heterocycles. The summed E-state index contributed by atoms with van der Waals surface area (Å²) in [4.78, 5) is 26.5. The maximum Gasteiger partial charge on any atom is 0.291 e. The van der Waals surface area contributed by atoms with Gasteiger partial charge in [0.1, 0.15) is 6.10 Å². The fraction of sp³-hybridized carbons (Fsp3) is 0.412. The molecule has 1 amide bonds. The fourth-order valence-electron chi connectivity index (χ4n) is 3.32. The molecule has 7 heteroatoms. The maximum absolute atomic E-state index is 12.5. The molecule has 2 aliphatic rings. The molecule has 2 saturated heterocycles. The van der Waals surface area contributed by atoms with E-state index in [1.165, 1.54) is 0 Å². The molecule has 124 valence electrons. The van der Waals surface area contributed by atoms with Gasteiger partial charge in [0.05, 0.1) is 18.8 Å². The molecule has 0 saturated carbocycles. The van der Waals surface area contributed by atoms with Crippen molar-refractivity contribution < 1.29 is 14.3 Å². The molecular formula is C17H18N4O3. The number of aromatic nitrogens is 3. The quantitative estimate of drug-likeness (QED) is 0.847. The number of hydrogen-bond donors (Lipinski definition) is 0. The number of likely N-dealkylation sites (tertiary alicyclic amines) is 1. The Morgan fingerprint density at radius 2 is 2.04 bits per heavy atom. The molecule has 2 aliphatic heterocycles. The Kier molecular flexibility index (Phi) is 3.86. The van der Waals surface area contributed by atoms with Gasteiger partial charge in [-0.2, -0.15) is 0 Å². The van der Waals surface area contributed by atoms with Crippen LogP contribution in [0.1, 0.15) is 23.5 Å². The molecule has 24 heavy (non-hydrogen) atoms. The summed E-state index contributed by atoms with van der Waals surface area (Å²) in [5.74, 6) is 0.686. The lowest BCUT2D eigenvalue weighted by Gasteiger charge is -2.22. The van der Waals surface area contributed by atoms with Crippen molar-refractivity contribution in [2.45, 2.75) is 24.5 Å². The Morgan fingerprint density at radius 3 is 2.83 bits per heavy atom. The van der Waals surface area contributed by atoms with Gasteiger partial charge < -0.3 is 14.4 Å². The van der Waals surface area contributed by atoms with Crippen LogP contribution in [0.4, 0.5) is 0 Å². The van der Waals surface area contributed by atoms with Crippen molar-refractivity contribution in [3.8, 4) is 5.88 Å². The van der Waals surface area contributed by atoms with Crippen molar-refractivity contribution >= 4 is 5.91 Å². The van der Waals surface area contributed by atoms with Crippen LogP contribution in [0, 0.1) is 0 Å². The standard InChI is InChI=1S/C17H18N4O3/c22-16(15-19-7-3-8-20-15)21-9-5-17(12-21)10-13(11-23-17)24-14-4-1-2-6-18-14/h1-4,6-8,13H,5,9-12H2/t13-,17-/m0/s1. The average Bonchev–Trinajstić information content (AvgIpc) is 3.23. The zero-order valence-corrected chi connectivity index (χ0v) is 13.2. The predicted molar refractivity (Wildman–Crippen MR) is 84.5 cm³/mol. The smallest absolute Gasteiger partial charge is 0.291 e. The minimum absolute atomic E-state index is 0.0390. The van der Waals surface area contributed by atoms with Gasteiger partial charge in [0.25, 0.3) is 5.91 Å². The number of rotatable bonds is 3. The lowest BCUT2D eigenvalue weighted by molar-refractivity contribution is 0.00973. The van der Waals surface area contributed by atoms with Crippen molar-refractivity contribution in [1.29, 1.82) is 0 Å². The molecule has 4 heterocycles. The van der Waals surface area contributed by atoms with E-state index < -0.39 is 0 Å². The first-order valence-corrected chi connectivity index (χ1v) is 8.02. The van der Waals surface area contributed by atoms with Crippen LogP contribution in [-0.4, -0.2) is 57.2 Å². The third-order valence-electron chi connectivity index (χ3n) is 4.46. The highest BCUT2D eigenvalue weighted by atomic mass is 16.6. The van der Waals surface area contributed by atoms with E-state index in [1.54, 1.807) is 29.6 Å². The second-order valence-electron chi connectivity index (χ2n) is 6.16. The van der Waals surface area contributed by atoms with E-state index in [4.69, 9.17) is 9.47 Å². The normalized spacial score (nSPS) is 26.0. The molecule has 2 fully saturated rings. The van der Waals surface area contributed by atoms with E-state index in [1.807, 2.05) is 18.2 Å². The SMILES string of the molecule is O=C(c1ncccn1)N1CC[C@]2(C[C@H](Oc3ccccn3)CO2)C1. The van der Waals surface area contributed by atoms with Crippen LogP contribution in [0.2, 0.25) is 0 Å². The lowest BCUT2D eigenvalue weighted by Crippen LogP contribution is -2.36. The number of ether oxygens (including phenoxy) is 2. The third-order valence-corrected chi connectivity index (χ3v) is 4.46. The van der Waals surface area contributed by atoms with Crippen LogP contribution in [0.3, 0.4) is 0 Å². The van der Waals surface area contributed by atoms with Gasteiger partial charge in [-0.1, -0.05) is 6.07 Å². The highest BCUT2D eigenvalue weighted by molar-refractivity contribution is 5.90. The Bertz CT molecular complexity index is 712. The van der Waals surface area contributed by atoms with Gasteiger partial charge in [0.2, 0.25) is 11.7 Å². The lowest BCUT2D eigenvalue weighted by atomic mass is 9.98. The van der Waals surface area contributed by atoms with Crippen LogP contribution in [0.15, 0.2) is 42.9 Å².